The van der Waals surface area contributed by atoms with Gasteiger partial charge in [-0.2, -0.15) is 0 Å². The van der Waals surface area contributed by atoms with Gasteiger partial charge in [-0.15, -0.1) is 5.76 Å². The number of hydrogen-bond acceptors (Lipinski definition) is 2. The third-order valence-corrected chi connectivity index (χ3v) is 0.407. The van der Waals surface area contributed by atoms with Gasteiger partial charge in [0.15, 0.2) is 5.78 Å². The summed E-state index contributed by atoms with van der Waals surface area (Å²) in [4.78, 5) is 9.98. The zero-order valence-corrected chi connectivity index (χ0v) is 9.31. The van der Waals surface area contributed by atoms with Crippen molar-refractivity contribution >= 4 is 5.78 Å². The molecule has 0 fully saturated rings. The molecule has 0 spiro atoms. The van der Waals surface area contributed by atoms with Crippen LogP contribution in [0.2, 0.25) is 0 Å². The van der Waals surface area contributed by atoms with Crippen molar-refractivity contribution in [3.05, 3.63) is 11.8 Å². The summed E-state index contributed by atoms with van der Waals surface area (Å²) in [5, 5.41) is 9.98. The van der Waals surface area contributed by atoms with Crippen LogP contribution >= 0.6 is 0 Å². The van der Waals surface area contributed by atoms with Crippen LogP contribution in [0.4, 0.5) is 0 Å². The second kappa shape index (κ2) is 16.6. The number of hydrogen-bond donors (Lipinski definition) is 0. The quantitative estimate of drug-likeness (QED) is 0.367. The second-order valence-corrected chi connectivity index (χ2v) is 1.37. The molecule has 0 aliphatic rings. The maximum atomic E-state index is 9.98. The van der Waals surface area contributed by atoms with E-state index in [1.54, 1.807) is 0 Å². The largest absolute Gasteiger partial charge is 3.00 e. The fraction of sp³-hybridized carbons (Fsp3) is 0.400. The molecule has 5 nitrogen and oxygen atoms in total. The molecule has 0 aromatic rings. The van der Waals surface area contributed by atoms with E-state index >= 15 is 0 Å². The van der Waals surface area contributed by atoms with Gasteiger partial charge in [0.05, 0.1) is 0 Å². The van der Waals surface area contributed by atoms with Gasteiger partial charge in [-0.3, -0.25) is 4.79 Å². The Balaban J connectivity index is -0.0000000300. The zero-order chi connectivity index (χ0) is 5.86. The summed E-state index contributed by atoms with van der Waals surface area (Å²) >= 11 is 0. The first kappa shape index (κ1) is 30.3. The standard InChI is InChI=1S/C5H8O2.3H2O.Y/c1-4(6)3-5(2)7;;;;/h3,6H,1-2H3;3*1H2;/q;;;;+3/p-1/b4-3-;;;;. The molecule has 6 heteroatoms. The molecule has 0 amide bonds. The van der Waals surface area contributed by atoms with Gasteiger partial charge in [0.1, 0.15) is 0 Å². The van der Waals surface area contributed by atoms with Crippen molar-refractivity contribution in [1.82, 2.24) is 0 Å². The van der Waals surface area contributed by atoms with Crippen LogP contribution in [0.1, 0.15) is 13.8 Å². The van der Waals surface area contributed by atoms with E-state index in [1.165, 1.54) is 13.8 Å². The van der Waals surface area contributed by atoms with Gasteiger partial charge in [0.2, 0.25) is 0 Å². The van der Waals surface area contributed by atoms with Gasteiger partial charge in [0, 0.05) is 0 Å². The molecule has 0 atom stereocenters. The van der Waals surface area contributed by atoms with Crippen molar-refractivity contribution in [2.75, 3.05) is 0 Å². The molecule has 0 aromatic carbocycles. The predicted octanol–water partition coefficient (Wildman–Crippen LogP) is -2.64. The van der Waals surface area contributed by atoms with Gasteiger partial charge in [-0.25, -0.2) is 0 Å². The van der Waals surface area contributed by atoms with E-state index in [0.29, 0.717) is 0 Å². The van der Waals surface area contributed by atoms with E-state index in [1.807, 2.05) is 0 Å². The normalized spacial score (nSPS) is 7.27. The zero-order valence-electron chi connectivity index (χ0n) is 6.47. The first-order valence-corrected chi connectivity index (χ1v) is 1.99. The molecule has 0 unspecified atom stereocenters. The average Bonchev–Trinajstić information content (AvgIpc) is 1.27. The van der Waals surface area contributed by atoms with E-state index in [-0.39, 0.29) is 60.7 Å². The summed E-state index contributed by atoms with van der Waals surface area (Å²) < 4.78 is 0. The van der Waals surface area contributed by atoms with Crippen LogP contribution < -0.4 is 5.11 Å². The monoisotopic (exact) mass is 242 g/mol. The molecule has 11 heavy (non-hydrogen) atoms. The molecule has 0 bridgehead atoms. The SMILES string of the molecule is CC(=O)/C=C(/C)[O-].O.O.O.[Y+3]. The molecular formula is C5H13O5Y+2. The second-order valence-electron chi connectivity index (χ2n) is 1.37. The van der Waals surface area contributed by atoms with Crippen LogP contribution in [-0.4, -0.2) is 22.2 Å². The molecule has 0 rings (SSSR count). The first-order valence-electron chi connectivity index (χ1n) is 1.99. The van der Waals surface area contributed by atoms with Crippen molar-refractivity contribution in [2.45, 2.75) is 13.8 Å². The van der Waals surface area contributed by atoms with Crippen LogP contribution in [0.25, 0.3) is 0 Å². The Morgan fingerprint density at radius 3 is 1.45 bits per heavy atom. The summed E-state index contributed by atoms with van der Waals surface area (Å²) in [6.45, 7) is 2.70. The number of carbonyl (C=O) groups excluding carboxylic acids is 1. The fourth-order valence-electron chi connectivity index (χ4n) is 0.286. The third kappa shape index (κ3) is 38.9. The third-order valence-electron chi connectivity index (χ3n) is 0.407. The smallest absolute Gasteiger partial charge is 0.876 e. The fourth-order valence-corrected chi connectivity index (χ4v) is 0.286. The van der Waals surface area contributed by atoms with Crippen molar-refractivity contribution in [3.8, 4) is 0 Å². The minimum absolute atomic E-state index is 0. The van der Waals surface area contributed by atoms with Crippen molar-refractivity contribution in [3.63, 3.8) is 0 Å². The Bertz CT molecular complexity index is 107. The van der Waals surface area contributed by atoms with Gasteiger partial charge >= 0.3 is 32.7 Å². The number of carbonyl (C=O) groups is 1. The van der Waals surface area contributed by atoms with Crippen molar-refractivity contribution in [2.24, 2.45) is 0 Å². The summed E-state index contributed by atoms with van der Waals surface area (Å²) in [6, 6.07) is 0. The Kier molecular flexibility index (Phi) is 45.9. The van der Waals surface area contributed by atoms with Gasteiger partial charge < -0.3 is 21.5 Å². The van der Waals surface area contributed by atoms with Crippen molar-refractivity contribution < 1.29 is 59.0 Å². The Morgan fingerprint density at radius 2 is 1.45 bits per heavy atom. The van der Waals surface area contributed by atoms with Crippen LogP contribution in [0.3, 0.4) is 0 Å². The molecule has 0 aromatic heterocycles. The predicted molar refractivity (Wildman–Crippen MR) is 35.3 cm³/mol. The topological polar surface area (TPSA) is 135 Å². The maximum absolute atomic E-state index is 9.98. The van der Waals surface area contributed by atoms with E-state index < -0.39 is 0 Å². The molecule has 0 aliphatic heterocycles. The summed E-state index contributed by atoms with van der Waals surface area (Å²) in [7, 11) is 0. The molecule has 0 aliphatic carbocycles. The minimum atomic E-state index is -0.187. The molecular weight excluding hydrogens is 229 g/mol. The number of rotatable bonds is 1. The van der Waals surface area contributed by atoms with Crippen LogP contribution in [0.5, 0.6) is 0 Å². The molecule has 0 saturated heterocycles. The summed E-state index contributed by atoms with van der Waals surface area (Å²) in [6.07, 6.45) is 1.06. The van der Waals surface area contributed by atoms with Gasteiger partial charge in [-0.1, -0.05) is 6.92 Å². The molecule has 64 valence electrons. The minimum Gasteiger partial charge on any atom is -0.876 e. The van der Waals surface area contributed by atoms with E-state index in [0.717, 1.165) is 6.08 Å². The van der Waals surface area contributed by atoms with E-state index in [2.05, 4.69) is 0 Å². The number of allylic oxidation sites excluding steroid dienone is 2. The molecule has 0 radical (unpaired) electrons. The first-order chi connectivity index (χ1) is 3.13. The Morgan fingerprint density at radius 1 is 1.18 bits per heavy atom. The van der Waals surface area contributed by atoms with Crippen LogP contribution in [0, 0.1) is 0 Å². The van der Waals surface area contributed by atoms with Crippen LogP contribution in [-0.2, 0) is 37.5 Å². The maximum Gasteiger partial charge on any atom is 3.00 e. The van der Waals surface area contributed by atoms with E-state index in [4.69, 9.17) is 0 Å². The molecule has 0 heterocycles. The molecule has 6 N–H and O–H groups in total. The summed E-state index contributed by atoms with van der Waals surface area (Å²) in [5.41, 5.74) is 0. The van der Waals surface area contributed by atoms with Gasteiger partial charge in [-0.05, 0) is 13.0 Å². The average molecular weight is 242 g/mol. The van der Waals surface area contributed by atoms with E-state index in [9.17, 15) is 9.90 Å². The number of ketones is 1. The Hall–Kier alpha value is 0.194. The Labute approximate surface area is 90.3 Å². The van der Waals surface area contributed by atoms with Crippen molar-refractivity contribution in [1.29, 1.82) is 0 Å². The summed E-state index contributed by atoms with van der Waals surface area (Å²) in [5.74, 6) is -0.375. The van der Waals surface area contributed by atoms with Crippen LogP contribution in [0.15, 0.2) is 11.8 Å². The molecule has 0 saturated carbocycles. The van der Waals surface area contributed by atoms with Gasteiger partial charge in [0.25, 0.3) is 0 Å².